The highest BCUT2D eigenvalue weighted by Crippen LogP contribution is 2.30. The third kappa shape index (κ3) is 3.59. The van der Waals surface area contributed by atoms with E-state index in [2.05, 4.69) is 15.9 Å². The van der Waals surface area contributed by atoms with Crippen molar-refractivity contribution >= 4 is 53.5 Å². The zero-order chi connectivity index (χ0) is 14.9. The fourth-order valence-corrected chi connectivity index (χ4v) is 3.97. The smallest absolute Gasteiger partial charge is 0.232 e. The van der Waals surface area contributed by atoms with E-state index in [1.807, 2.05) is 0 Å². The van der Waals surface area contributed by atoms with Gasteiger partial charge in [0.25, 0.3) is 0 Å². The molecule has 1 aliphatic rings. The zero-order valence-electron chi connectivity index (χ0n) is 10.3. The summed E-state index contributed by atoms with van der Waals surface area (Å²) in [5.74, 6) is -0.807. The molecule has 0 N–H and O–H groups in total. The van der Waals surface area contributed by atoms with E-state index in [1.165, 1.54) is 4.90 Å². The van der Waals surface area contributed by atoms with E-state index in [9.17, 15) is 18.0 Å². The van der Waals surface area contributed by atoms with Gasteiger partial charge in [-0.1, -0.05) is 15.9 Å². The van der Waals surface area contributed by atoms with Crippen LogP contribution in [-0.2, 0) is 13.8 Å². The highest BCUT2D eigenvalue weighted by Gasteiger charge is 2.34. The molecule has 0 saturated carbocycles. The Morgan fingerprint density at radius 2 is 2.15 bits per heavy atom. The number of halogens is 2. The average Bonchev–Trinajstić information content (AvgIpc) is 2.67. The van der Waals surface area contributed by atoms with Crippen LogP contribution in [0, 0.1) is 5.92 Å². The summed E-state index contributed by atoms with van der Waals surface area (Å²) in [7, 11) is 1.57. The molecule has 0 spiro atoms. The molecule has 2 rings (SSSR count). The first-order chi connectivity index (χ1) is 9.30. The average molecular weight is 381 g/mol. The highest BCUT2D eigenvalue weighted by molar-refractivity contribution is 9.10. The molecule has 0 aromatic heterocycles. The third-order valence-corrected chi connectivity index (χ3v) is 4.79. The molecule has 5 nitrogen and oxygen atoms in total. The van der Waals surface area contributed by atoms with E-state index < -0.39 is 9.05 Å². The van der Waals surface area contributed by atoms with Gasteiger partial charge in [0.15, 0.2) is 6.29 Å². The molecule has 1 aromatic carbocycles. The van der Waals surface area contributed by atoms with Crippen molar-refractivity contribution < 1.29 is 18.0 Å². The molecule has 1 atom stereocenters. The van der Waals surface area contributed by atoms with Crippen LogP contribution in [0.5, 0.6) is 0 Å². The van der Waals surface area contributed by atoms with Crippen LogP contribution >= 0.6 is 26.6 Å². The van der Waals surface area contributed by atoms with Crippen LogP contribution in [0.4, 0.5) is 5.69 Å². The van der Waals surface area contributed by atoms with Gasteiger partial charge in [-0.15, -0.1) is 0 Å². The van der Waals surface area contributed by atoms with Crippen LogP contribution < -0.4 is 4.90 Å². The molecule has 1 aliphatic heterocycles. The standard InChI is InChI=1S/C12H11BrClNO4S/c13-10-1-2-11(9(4-10)6-16)15-5-8(3-12(15)17)7-20(14,18)19/h1-2,4,6,8H,3,5,7H2. The summed E-state index contributed by atoms with van der Waals surface area (Å²) in [4.78, 5) is 24.5. The van der Waals surface area contributed by atoms with E-state index in [0.29, 0.717) is 17.5 Å². The lowest BCUT2D eigenvalue weighted by atomic mass is 10.1. The first-order valence-corrected chi connectivity index (χ1v) is 9.05. The third-order valence-electron chi connectivity index (χ3n) is 3.05. The van der Waals surface area contributed by atoms with Gasteiger partial charge in [-0.25, -0.2) is 8.42 Å². The maximum Gasteiger partial charge on any atom is 0.232 e. The molecule has 1 saturated heterocycles. The minimum absolute atomic E-state index is 0.111. The van der Waals surface area contributed by atoms with Gasteiger partial charge in [0.05, 0.1) is 11.4 Å². The van der Waals surface area contributed by atoms with E-state index >= 15 is 0 Å². The first-order valence-electron chi connectivity index (χ1n) is 5.77. The number of amides is 1. The minimum atomic E-state index is -3.64. The summed E-state index contributed by atoms with van der Waals surface area (Å²) in [5.41, 5.74) is 0.866. The molecule has 0 aliphatic carbocycles. The van der Waals surface area contributed by atoms with Crippen molar-refractivity contribution in [1.82, 2.24) is 0 Å². The Bertz CT molecular complexity index is 661. The Morgan fingerprint density at radius 3 is 2.75 bits per heavy atom. The van der Waals surface area contributed by atoms with Crippen LogP contribution in [0.1, 0.15) is 16.8 Å². The molecule has 1 fully saturated rings. The molecule has 20 heavy (non-hydrogen) atoms. The van der Waals surface area contributed by atoms with Crippen molar-refractivity contribution in [2.45, 2.75) is 6.42 Å². The summed E-state index contributed by atoms with van der Waals surface area (Å²) in [5, 5.41) is 0. The summed E-state index contributed by atoms with van der Waals surface area (Å²) in [6.07, 6.45) is 0.777. The van der Waals surface area contributed by atoms with Gasteiger partial charge in [-0.05, 0) is 18.2 Å². The quantitative estimate of drug-likeness (QED) is 0.593. The number of aldehydes is 1. The number of hydrogen-bond acceptors (Lipinski definition) is 4. The van der Waals surface area contributed by atoms with E-state index in [1.54, 1.807) is 18.2 Å². The number of carbonyl (C=O) groups excluding carboxylic acids is 2. The Labute approximate surface area is 129 Å². The Morgan fingerprint density at radius 1 is 1.45 bits per heavy atom. The maximum atomic E-state index is 12.0. The summed E-state index contributed by atoms with van der Waals surface area (Å²) in [6, 6.07) is 4.99. The van der Waals surface area contributed by atoms with Crippen molar-refractivity contribution in [2.75, 3.05) is 17.2 Å². The predicted molar refractivity (Wildman–Crippen MR) is 79.6 cm³/mol. The molecule has 1 amide bonds. The molecule has 1 heterocycles. The topological polar surface area (TPSA) is 71.5 Å². The van der Waals surface area contributed by atoms with Gasteiger partial charge in [-0.3, -0.25) is 9.59 Å². The van der Waals surface area contributed by atoms with Crippen LogP contribution in [0.2, 0.25) is 0 Å². The fourth-order valence-electron chi connectivity index (χ4n) is 2.27. The van der Waals surface area contributed by atoms with Crippen LogP contribution in [0.3, 0.4) is 0 Å². The number of benzene rings is 1. The van der Waals surface area contributed by atoms with Crippen molar-refractivity contribution in [1.29, 1.82) is 0 Å². The van der Waals surface area contributed by atoms with Crippen molar-refractivity contribution in [3.05, 3.63) is 28.2 Å². The Balaban J connectivity index is 2.26. The molecular weight excluding hydrogens is 370 g/mol. The summed E-state index contributed by atoms with van der Waals surface area (Å²) >= 11 is 3.25. The molecule has 0 bridgehead atoms. The number of carbonyl (C=O) groups is 2. The second kappa shape index (κ2) is 5.83. The number of hydrogen-bond donors (Lipinski definition) is 0. The number of nitrogens with zero attached hydrogens (tertiary/aromatic N) is 1. The van der Waals surface area contributed by atoms with Crippen LogP contribution in [0.15, 0.2) is 22.7 Å². The Kier molecular flexibility index (Phi) is 4.51. The fraction of sp³-hybridized carbons (Fsp3) is 0.333. The van der Waals surface area contributed by atoms with Crippen molar-refractivity contribution in [2.24, 2.45) is 5.92 Å². The van der Waals surface area contributed by atoms with Crippen LogP contribution in [0.25, 0.3) is 0 Å². The van der Waals surface area contributed by atoms with E-state index in [-0.39, 0.29) is 30.5 Å². The van der Waals surface area contributed by atoms with Gasteiger partial charge in [0.2, 0.25) is 15.0 Å². The van der Waals surface area contributed by atoms with Crippen molar-refractivity contribution in [3.8, 4) is 0 Å². The second-order valence-corrected chi connectivity index (χ2v) is 8.34. The monoisotopic (exact) mass is 379 g/mol. The normalized spacial score (nSPS) is 19.4. The molecule has 1 unspecified atom stereocenters. The summed E-state index contributed by atoms with van der Waals surface area (Å²) < 4.78 is 22.9. The molecule has 1 aromatic rings. The number of anilines is 1. The molecular formula is C12H11BrClNO4S. The SMILES string of the molecule is O=Cc1cc(Br)ccc1N1CC(CS(=O)(=O)Cl)CC1=O. The summed E-state index contributed by atoms with van der Waals surface area (Å²) in [6.45, 7) is 0.243. The predicted octanol–water partition coefficient (Wildman–Crippen LogP) is 2.18. The van der Waals surface area contributed by atoms with Gasteiger partial charge in [-0.2, -0.15) is 0 Å². The van der Waals surface area contributed by atoms with Gasteiger partial charge in [0, 0.05) is 39.6 Å². The maximum absolute atomic E-state index is 12.0. The molecule has 108 valence electrons. The van der Waals surface area contributed by atoms with E-state index in [0.717, 1.165) is 4.47 Å². The largest absolute Gasteiger partial charge is 0.311 e. The van der Waals surface area contributed by atoms with Crippen molar-refractivity contribution in [3.63, 3.8) is 0 Å². The highest BCUT2D eigenvalue weighted by atomic mass is 79.9. The van der Waals surface area contributed by atoms with Gasteiger partial charge >= 0.3 is 0 Å². The van der Waals surface area contributed by atoms with Crippen LogP contribution in [-0.4, -0.2) is 32.9 Å². The lowest BCUT2D eigenvalue weighted by molar-refractivity contribution is -0.117. The second-order valence-electron chi connectivity index (χ2n) is 4.60. The lowest BCUT2D eigenvalue weighted by Gasteiger charge is -2.18. The lowest BCUT2D eigenvalue weighted by Crippen LogP contribution is -2.26. The number of rotatable bonds is 4. The first kappa shape index (κ1) is 15.5. The zero-order valence-corrected chi connectivity index (χ0v) is 13.4. The van der Waals surface area contributed by atoms with E-state index in [4.69, 9.17) is 10.7 Å². The van der Waals surface area contributed by atoms with Gasteiger partial charge < -0.3 is 4.90 Å². The molecule has 0 radical (unpaired) electrons. The van der Waals surface area contributed by atoms with Gasteiger partial charge in [0.1, 0.15) is 0 Å². The minimum Gasteiger partial charge on any atom is -0.311 e. The Hall–Kier alpha value is -0.920. The molecule has 8 heteroatoms.